The first-order valence-electron chi connectivity index (χ1n) is 10.7. The second-order valence-corrected chi connectivity index (χ2v) is 9.03. The summed E-state index contributed by atoms with van der Waals surface area (Å²) in [6.07, 6.45) is 2.03. The van der Waals surface area contributed by atoms with Gasteiger partial charge in [0.1, 0.15) is 5.75 Å². The third-order valence-electron chi connectivity index (χ3n) is 5.19. The monoisotopic (exact) mass is 464 g/mol. The van der Waals surface area contributed by atoms with E-state index in [0.717, 1.165) is 34.2 Å². The van der Waals surface area contributed by atoms with Crippen LogP contribution in [0.1, 0.15) is 41.3 Å². The van der Waals surface area contributed by atoms with Crippen molar-refractivity contribution in [3.8, 4) is 5.75 Å². The number of aryl methyl sites for hydroxylation is 1. The van der Waals surface area contributed by atoms with Gasteiger partial charge in [0.2, 0.25) is 0 Å². The highest BCUT2D eigenvalue weighted by molar-refractivity contribution is 7.23. The Kier molecular flexibility index (Phi) is 7.08. The smallest absolute Gasteiger partial charge is 0.260 e. The maximum Gasteiger partial charge on any atom is 0.260 e. The summed E-state index contributed by atoms with van der Waals surface area (Å²) in [5, 5.41) is 1.27. The van der Waals surface area contributed by atoms with Gasteiger partial charge in [0, 0.05) is 5.56 Å². The van der Waals surface area contributed by atoms with Crippen molar-refractivity contribution in [2.45, 2.75) is 33.2 Å². The summed E-state index contributed by atoms with van der Waals surface area (Å²) in [5.74, 6) is 0.578. The first kappa shape index (κ1) is 22.3. The lowest BCUT2D eigenvalue weighted by molar-refractivity contribution is 0.0984. The predicted octanol–water partition coefficient (Wildman–Crippen LogP) is 7.28. The fourth-order valence-electron chi connectivity index (χ4n) is 3.41. The number of ether oxygens (including phenoxy) is 1. The molecule has 164 valence electrons. The van der Waals surface area contributed by atoms with Crippen molar-refractivity contribution in [2.24, 2.45) is 0 Å². The van der Waals surface area contributed by atoms with E-state index in [2.05, 4.69) is 6.92 Å². The van der Waals surface area contributed by atoms with Crippen LogP contribution < -0.4 is 9.64 Å². The summed E-state index contributed by atoms with van der Waals surface area (Å²) < 4.78 is 6.71. The van der Waals surface area contributed by atoms with Gasteiger partial charge in [-0.15, -0.1) is 0 Å². The number of anilines is 1. The summed E-state index contributed by atoms with van der Waals surface area (Å²) in [6.45, 7) is 5.17. The molecule has 1 aromatic heterocycles. The minimum atomic E-state index is -0.123. The van der Waals surface area contributed by atoms with Gasteiger partial charge in [-0.2, -0.15) is 0 Å². The number of halogens is 1. The number of thiazole rings is 1. The summed E-state index contributed by atoms with van der Waals surface area (Å²) in [6, 6.07) is 21.1. The average molecular weight is 465 g/mol. The van der Waals surface area contributed by atoms with Crippen molar-refractivity contribution in [3.63, 3.8) is 0 Å². The second kappa shape index (κ2) is 10.2. The van der Waals surface area contributed by atoms with Gasteiger partial charge >= 0.3 is 0 Å². The van der Waals surface area contributed by atoms with Crippen molar-refractivity contribution in [3.05, 3.63) is 88.4 Å². The fourth-order valence-corrected chi connectivity index (χ4v) is 4.72. The SMILES string of the molecule is CCCCOc1cccc(C(=O)N(Cc2ccccc2)c2nc3c(C)ccc(Cl)c3s2)c1. The van der Waals surface area contributed by atoms with E-state index < -0.39 is 0 Å². The molecule has 0 aliphatic heterocycles. The van der Waals surface area contributed by atoms with Crippen LogP contribution in [-0.4, -0.2) is 17.5 Å². The second-order valence-electron chi connectivity index (χ2n) is 7.65. The number of carbonyl (C=O) groups is 1. The Balaban J connectivity index is 1.72. The normalized spacial score (nSPS) is 11.0. The third-order valence-corrected chi connectivity index (χ3v) is 6.73. The van der Waals surface area contributed by atoms with Crippen molar-refractivity contribution < 1.29 is 9.53 Å². The summed E-state index contributed by atoms with van der Waals surface area (Å²) in [7, 11) is 0. The van der Waals surface area contributed by atoms with Gasteiger partial charge in [-0.1, -0.05) is 78.7 Å². The Morgan fingerprint density at radius 3 is 2.66 bits per heavy atom. The molecule has 0 radical (unpaired) electrons. The number of hydrogen-bond donors (Lipinski definition) is 0. The number of amides is 1. The van der Waals surface area contributed by atoms with Gasteiger partial charge in [-0.3, -0.25) is 9.69 Å². The van der Waals surface area contributed by atoms with Crippen molar-refractivity contribution in [1.29, 1.82) is 0 Å². The molecule has 4 nitrogen and oxygen atoms in total. The summed E-state index contributed by atoms with van der Waals surface area (Å²) in [4.78, 5) is 20.2. The molecule has 0 aliphatic rings. The maximum atomic E-state index is 13.7. The van der Waals surface area contributed by atoms with Crippen LogP contribution in [0.4, 0.5) is 5.13 Å². The quantitative estimate of drug-likeness (QED) is 0.257. The average Bonchev–Trinajstić information content (AvgIpc) is 3.27. The molecule has 4 rings (SSSR count). The molecule has 0 unspecified atom stereocenters. The zero-order valence-electron chi connectivity index (χ0n) is 18.2. The van der Waals surface area contributed by atoms with Crippen LogP contribution in [0.2, 0.25) is 5.02 Å². The number of fused-ring (bicyclic) bond motifs is 1. The Morgan fingerprint density at radius 2 is 1.91 bits per heavy atom. The Hall–Kier alpha value is -2.89. The molecule has 1 amide bonds. The number of benzene rings is 3. The van der Waals surface area contributed by atoms with E-state index in [0.29, 0.717) is 34.6 Å². The molecular weight excluding hydrogens is 440 g/mol. The van der Waals surface area contributed by atoms with Crippen molar-refractivity contribution >= 4 is 44.2 Å². The highest BCUT2D eigenvalue weighted by atomic mass is 35.5. The van der Waals surface area contributed by atoms with E-state index in [1.165, 1.54) is 11.3 Å². The van der Waals surface area contributed by atoms with Crippen LogP contribution in [0.15, 0.2) is 66.7 Å². The molecule has 0 fully saturated rings. The fraction of sp³-hybridized carbons (Fsp3) is 0.231. The Morgan fingerprint density at radius 1 is 1.09 bits per heavy atom. The summed E-state index contributed by atoms with van der Waals surface area (Å²) >= 11 is 7.88. The van der Waals surface area contributed by atoms with Gasteiger partial charge in [0.25, 0.3) is 5.91 Å². The van der Waals surface area contributed by atoms with E-state index in [4.69, 9.17) is 21.3 Å². The molecule has 0 N–H and O–H groups in total. The van der Waals surface area contributed by atoms with Crippen molar-refractivity contribution in [2.75, 3.05) is 11.5 Å². The number of aromatic nitrogens is 1. The van der Waals surface area contributed by atoms with E-state index in [1.807, 2.05) is 73.7 Å². The first-order valence-corrected chi connectivity index (χ1v) is 11.9. The summed E-state index contributed by atoms with van der Waals surface area (Å²) in [5.41, 5.74) is 3.46. The Labute approximate surface area is 197 Å². The van der Waals surface area contributed by atoms with Crippen LogP contribution >= 0.6 is 22.9 Å². The van der Waals surface area contributed by atoms with Gasteiger partial charge in [0.05, 0.1) is 28.4 Å². The number of nitrogens with zero attached hydrogens (tertiary/aromatic N) is 2. The van der Waals surface area contributed by atoms with Gasteiger partial charge in [-0.25, -0.2) is 4.98 Å². The lowest BCUT2D eigenvalue weighted by Gasteiger charge is -2.20. The number of hydrogen-bond acceptors (Lipinski definition) is 4. The number of rotatable bonds is 8. The Bertz CT molecular complexity index is 1180. The molecule has 6 heteroatoms. The highest BCUT2D eigenvalue weighted by Crippen LogP contribution is 2.36. The zero-order valence-corrected chi connectivity index (χ0v) is 19.7. The van der Waals surface area contributed by atoms with Crippen molar-refractivity contribution in [1.82, 2.24) is 4.98 Å². The lowest BCUT2D eigenvalue weighted by Crippen LogP contribution is -2.30. The largest absolute Gasteiger partial charge is 0.494 e. The first-order chi connectivity index (χ1) is 15.6. The van der Waals surface area contributed by atoms with Crippen LogP contribution in [-0.2, 0) is 6.54 Å². The van der Waals surface area contributed by atoms with E-state index in [1.54, 1.807) is 4.90 Å². The molecule has 3 aromatic carbocycles. The number of carbonyl (C=O) groups excluding carboxylic acids is 1. The zero-order chi connectivity index (χ0) is 22.5. The molecule has 0 atom stereocenters. The molecule has 0 saturated carbocycles. The molecule has 0 spiro atoms. The van der Waals surface area contributed by atoms with Crippen LogP contribution in [0, 0.1) is 6.92 Å². The lowest BCUT2D eigenvalue weighted by atomic mass is 10.1. The van der Waals surface area contributed by atoms with E-state index in [-0.39, 0.29) is 5.91 Å². The molecule has 0 aliphatic carbocycles. The number of unbranched alkanes of at least 4 members (excludes halogenated alkanes) is 1. The molecular formula is C26H25ClN2O2S. The maximum absolute atomic E-state index is 13.7. The van der Waals surface area contributed by atoms with Gasteiger partial charge < -0.3 is 4.74 Å². The van der Waals surface area contributed by atoms with Gasteiger partial charge in [-0.05, 0) is 48.7 Å². The molecule has 0 saturated heterocycles. The minimum Gasteiger partial charge on any atom is -0.494 e. The topological polar surface area (TPSA) is 42.4 Å². The molecule has 32 heavy (non-hydrogen) atoms. The highest BCUT2D eigenvalue weighted by Gasteiger charge is 2.23. The standard InChI is InChI=1S/C26H25ClN2O2S/c1-3-4-15-31-21-12-8-11-20(16-21)25(30)29(17-19-9-6-5-7-10-19)26-28-23-18(2)13-14-22(27)24(23)32-26/h5-14,16H,3-4,15,17H2,1-2H3. The minimum absolute atomic E-state index is 0.123. The predicted molar refractivity (Wildman–Crippen MR) is 133 cm³/mol. The van der Waals surface area contributed by atoms with Gasteiger partial charge in [0.15, 0.2) is 5.13 Å². The third kappa shape index (κ3) is 4.95. The van der Waals surface area contributed by atoms with Crippen LogP contribution in [0.25, 0.3) is 10.2 Å². The molecule has 0 bridgehead atoms. The van der Waals surface area contributed by atoms with Crippen LogP contribution in [0.5, 0.6) is 5.75 Å². The molecule has 1 heterocycles. The van der Waals surface area contributed by atoms with E-state index >= 15 is 0 Å². The van der Waals surface area contributed by atoms with E-state index in [9.17, 15) is 4.79 Å². The molecule has 4 aromatic rings. The van der Waals surface area contributed by atoms with Crippen LogP contribution in [0.3, 0.4) is 0 Å².